The van der Waals surface area contributed by atoms with Crippen LogP contribution in [0.15, 0.2) is 24.5 Å². The third kappa shape index (κ3) is 4.40. The molecule has 0 aromatic carbocycles. The van der Waals surface area contributed by atoms with Crippen LogP contribution in [0, 0.1) is 13.8 Å². The number of nitrogens with zero attached hydrogens (tertiary/aromatic N) is 5. The van der Waals surface area contributed by atoms with Crippen molar-refractivity contribution in [3.05, 3.63) is 35.9 Å². The molecule has 0 spiro atoms. The Morgan fingerprint density at radius 3 is 2.96 bits per heavy atom. The van der Waals surface area contributed by atoms with Gasteiger partial charge in [-0.3, -0.25) is 14.3 Å². The summed E-state index contributed by atoms with van der Waals surface area (Å²) in [6.07, 6.45) is 3.28. The van der Waals surface area contributed by atoms with Crippen LogP contribution in [0.2, 0.25) is 0 Å². The second kappa shape index (κ2) is 7.25. The normalized spacial score (nSPS) is 20.7. The summed E-state index contributed by atoms with van der Waals surface area (Å²) in [5.74, 6) is 0. The fourth-order valence-corrected chi connectivity index (χ4v) is 3.09. The van der Waals surface area contributed by atoms with Crippen molar-refractivity contribution in [3.8, 4) is 0 Å². The molecule has 2 aromatic rings. The summed E-state index contributed by atoms with van der Waals surface area (Å²) in [6.45, 7) is 8.34. The van der Waals surface area contributed by atoms with Gasteiger partial charge in [0.2, 0.25) is 0 Å². The summed E-state index contributed by atoms with van der Waals surface area (Å²) >= 11 is 0. The van der Waals surface area contributed by atoms with Crippen LogP contribution in [-0.2, 0) is 17.8 Å². The molecule has 126 valence electrons. The number of hydrogen-bond acceptors (Lipinski definition) is 5. The van der Waals surface area contributed by atoms with Gasteiger partial charge in [-0.1, -0.05) is 0 Å². The lowest BCUT2D eigenvalue weighted by Gasteiger charge is -2.34. The predicted molar refractivity (Wildman–Crippen MR) is 86.1 cm³/mol. The zero-order chi connectivity index (χ0) is 16.2. The van der Waals surface area contributed by atoms with Gasteiger partial charge < -0.3 is 9.84 Å². The molecule has 0 bridgehead atoms. The van der Waals surface area contributed by atoms with E-state index in [1.165, 1.54) is 0 Å². The second-order valence-electron chi connectivity index (χ2n) is 6.24. The largest absolute Gasteiger partial charge is 0.390 e. The van der Waals surface area contributed by atoms with Crippen molar-refractivity contribution in [2.75, 3.05) is 26.2 Å². The molecule has 0 saturated carbocycles. The van der Waals surface area contributed by atoms with Crippen molar-refractivity contribution in [1.29, 1.82) is 0 Å². The SMILES string of the molecule is Cc1cc(C)n(C[C@@H]2CN(C[C@H](O)Cn3cccn3)CCO2)n1. The van der Waals surface area contributed by atoms with Gasteiger partial charge in [0.1, 0.15) is 0 Å². The molecule has 1 N–H and O–H groups in total. The van der Waals surface area contributed by atoms with Gasteiger partial charge in [0.25, 0.3) is 0 Å². The van der Waals surface area contributed by atoms with E-state index in [2.05, 4.69) is 28.1 Å². The van der Waals surface area contributed by atoms with Gasteiger partial charge in [-0.05, 0) is 26.0 Å². The maximum Gasteiger partial charge on any atom is 0.0898 e. The molecule has 3 rings (SSSR count). The Kier molecular flexibility index (Phi) is 5.09. The fourth-order valence-electron chi connectivity index (χ4n) is 3.09. The second-order valence-corrected chi connectivity index (χ2v) is 6.24. The molecular weight excluding hydrogens is 294 g/mol. The van der Waals surface area contributed by atoms with Crippen molar-refractivity contribution in [2.24, 2.45) is 0 Å². The molecule has 1 aliphatic heterocycles. The molecule has 23 heavy (non-hydrogen) atoms. The van der Waals surface area contributed by atoms with Gasteiger partial charge in [-0.2, -0.15) is 10.2 Å². The fraction of sp³-hybridized carbons (Fsp3) is 0.625. The van der Waals surface area contributed by atoms with E-state index in [4.69, 9.17) is 4.74 Å². The van der Waals surface area contributed by atoms with E-state index in [9.17, 15) is 5.11 Å². The first kappa shape index (κ1) is 16.2. The third-order valence-electron chi connectivity index (χ3n) is 4.13. The number of aliphatic hydroxyl groups excluding tert-OH is 1. The molecule has 0 unspecified atom stereocenters. The standard InChI is InChI=1S/C16H25N5O2/c1-13-8-14(2)21(18-13)12-16-11-19(6-7-23-16)9-15(22)10-20-5-3-4-17-20/h3-5,8,15-16,22H,6-7,9-12H2,1-2H3/t15-,16-/m0/s1. The first-order chi connectivity index (χ1) is 11.1. The van der Waals surface area contributed by atoms with Gasteiger partial charge in [-0.15, -0.1) is 0 Å². The Hall–Kier alpha value is -1.70. The molecule has 7 heteroatoms. The monoisotopic (exact) mass is 319 g/mol. The molecular formula is C16H25N5O2. The molecule has 1 saturated heterocycles. The lowest BCUT2D eigenvalue weighted by Crippen LogP contribution is -2.47. The zero-order valence-corrected chi connectivity index (χ0v) is 13.8. The Morgan fingerprint density at radius 2 is 2.26 bits per heavy atom. The van der Waals surface area contributed by atoms with E-state index in [0.29, 0.717) is 19.7 Å². The highest BCUT2D eigenvalue weighted by atomic mass is 16.5. The number of hydrogen-bond donors (Lipinski definition) is 1. The van der Waals surface area contributed by atoms with Crippen LogP contribution in [0.3, 0.4) is 0 Å². The predicted octanol–water partition coefficient (Wildman–Crippen LogP) is 0.458. The van der Waals surface area contributed by atoms with Crippen LogP contribution in [0.1, 0.15) is 11.4 Å². The number of rotatable bonds is 6. The summed E-state index contributed by atoms with van der Waals surface area (Å²) < 4.78 is 9.63. The highest BCUT2D eigenvalue weighted by Crippen LogP contribution is 2.11. The van der Waals surface area contributed by atoms with Crippen LogP contribution in [0.4, 0.5) is 0 Å². The molecule has 7 nitrogen and oxygen atoms in total. The van der Waals surface area contributed by atoms with Crippen LogP contribution < -0.4 is 0 Å². The van der Waals surface area contributed by atoms with E-state index in [1.54, 1.807) is 10.9 Å². The Bertz CT molecular complexity index is 610. The average molecular weight is 319 g/mol. The Labute approximate surface area is 136 Å². The minimum Gasteiger partial charge on any atom is -0.390 e. The molecule has 0 amide bonds. The topological polar surface area (TPSA) is 68.3 Å². The van der Waals surface area contributed by atoms with E-state index in [0.717, 1.165) is 31.0 Å². The van der Waals surface area contributed by atoms with E-state index in [-0.39, 0.29) is 6.10 Å². The molecule has 2 aromatic heterocycles. The van der Waals surface area contributed by atoms with Gasteiger partial charge >= 0.3 is 0 Å². The van der Waals surface area contributed by atoms with E-state index in [1.807, 2.05) is 23.9 Å². The minimum absolute atomic E-state index is 0.110. The summed E-state index contributed by atoms with van der Waals surface area (Å²) in [5.41, 5.74) is 2.19. The number of aryl methyl sites for hydroxylation is 2. The van der Waals surface area contributed by atoms with Gasteiger partial charge in [0.15, 0.2) is 0 Å². The first-order valence-corrected chi connectivity index (χ1v) is 8.10. The van der Waals surface area contributed by atoms with Gasteiger partial charge in [0, 0.05) is 37.7 Å². The van der Waals surface area contributed by atoms with Crippen LogP contribution in [-0.4, -0.2) is 68.0 Å². The van der Waals surface area contributed by atoms with Crippen molar-refractivity contribution < 1.29 is 9.84 Å². The van der Waals surface area contributed by atoms with Gasteiger partial charge in [0.05, 0.1) is 37.6 Å². The lowest BCUT2D eigenvalue weighted by atomic mass is 10.2. The highest BCUT2D eigenvalue weighted by molar-refractivity contribution is 5.06. The number of ether oxygens (including phenoxy) is 1. The minimum atomic E-state index is -0.428. The molecule has 0 radical (unpaired) electrons. The molecule has 2 atom stereocenters. The maximum absolute atomic E-state index is 10.2. The van der Waals surface area contributed by atoms with E-state index < -0.39 is 6.10 Å². The van der Waals surface area contributed by atoms with Crippen molar-refractivity contribution in [1.82, 2.24) is 24.5 Å². The summed E-state index contributed by atoms with van der Waals surface area (Å²) in [5, 5.41) is 18.9. The van der Waals surface area contributed by atoms with Gasteiger partial charge in [-0.25, -0.2) is 0 Å². The Balaban J connectivity index is 1.50. The van der Waals surface area contributed by atoms with Crippen molar-refractivity contribution in [2.45, 2.75) is 39.1 Å². The van der Waals surface area contributed by atoms with Crippen molar-refractivity contribution >= 4 is 0 Å². The molecule has 1 fully saturated rings. The smallest absolute Gasteiger partial charge is 0.0898 e. The molecule has 1 aliphatic rings. The quantitative estimate of drug-likeness (QED) is 0.838. The molecule has 0 aliphatic carbocycles. The highest BCUT2D eigenvalue weighted by Gasteiger charge is 2.23. The number of β-amino-alcohol motifs (C(OH)–C–C–N with tert-alkyl or cyclic N) is 1. The zero-order valence-electron chi connectivity index (χ0n) is 13.8. The summed E-state index contributed by atoms with van der Waals surface area (Å²) in [7, 11) is 0. The maximum atomic E-state index is 10.2. The van der Waals surface area contributed by atoms with Crippen LogP contribution >= 0.6 is 0 Å². The van der Waals surface area contributed by atoms with E-state index >= 15 is 0 Å². The lowest BCUT2D eigenvalue weighted by molar-refractivity contribution is -0.0500. The third-order valence-corrected chi connectivity index (χ3v) is 4.13. The van der Waals surface area contributed by atoms with Crippen LogP contribution in [0.25, 0.3) is 0 Å². The van der Waals surface area contributed by atoms with Crippen molar-refractivity contribution in [3.63, 3.8) is 0 Å². The van der Waals surface area contributed by atoms with Crippen LogP contribution in [0.5, 0.6) is 0 Å². The number of morpholine rings is 1. The average Bonchev–Trinajstić information content (AvgIpc) is 3.09. The Morgan fingerprint density at radius 1 is 1.39 bits per heavy atom. The molecule has 3 heterocycles. The summed E-state index contributed by atoms with van der Waals surface area (Å²) in [4.78, 5) is 2.26. The number of aliphatic hydroxyl groups is 1. The first-order valence-electron chi connectivity index (χ1n) is 8.10. The summed E-state index contributed by atoms with van der Waals surface area (Å²) in [6, 6.07) is 3.94. The number of aromatic nitrogens is 4.